The molecule has 1 aromatic carbocycles. The van der Waals surface area contributed by atoms with Crippen LogP contribution in [0.2, 0.25) is 0 Å². The molecule has 0 heterocycles. The summed E-state index contributed by atoms with van der Waals surface area (Å²) in [4.78, 5) is 10.4. The number of carbonyl (C=O) groups is 1. The highest BCUT2D eigenvalue weighted by Crippen LogP contribution is 2.14. The second kappa shape index (κ2) is 4.83. The van der Waals surface area contributed by atoms with Crippen molar-refractivity contribution in [2.45, 2.75) is 13.3 Å². The highest BCUT2D eigenvalue weighted by Gasteiger charge is 1.99. The molecule has 0 atom stereocenters. The second-order valence-electron chi connectivity index (χ2n) is 2.87. The van der Waals surface area contributed by atoms with Crippen LogP contribution in [0, 0.1) is 0 Å². The smallest absolute Gasteiger partial charge is 0.146 e. The summed E-state index contributed by atoms with van der Waals surface area (Å²) in [5.74, 6) is 0. The van der Waals surface area contributed by atoms with Gasteiger partial charge in [0.05, 0.1) is 0 Å². The van der Waals surface area contributed by atoms with E-state index in [-0.39, 0.29) is 0 Å². The molecule has 0 aromatic heterocycles. The normalized spacial score (nSPS) is 12.2. The maximum atomic E-state index is 10.4. The molecule has 0 saturated heterocycles. The third kappa shape index (κ3) is 3.03. The van der Waals surface area contributed by atoms with E-state index in [0.717, 1.165) is 11.8 Å². The highest BCUT2D eigenvalue weighted by molar-refractivity contribution is 6.31. The van der Waals surface area contributed by atoms with Gasteiger partial charge in [-0.1, -0.05) is 41.9 Å². The van der Waals surface area contributed by atoms with E-state index in [9.17, 15) is 4.79 Å². The number of hydrogen-bond donors (Lipinski definition) is 0. The molecule has 1 rings (SSSR count). The lowest BCUT2D eigenvalue weighted by atomic mass is 10.1. The Morgan fingerprint density at radius 3 is 2.54 bits per heavy atom. The lowest BCUT2D eigenvalue weighted by Gasteiger charge is -2.00. The van der Waals surface area contributed by atoms with Crippen molar-refractivity contribution in [2.75, 3.05) is 0 Å². The zero-order valence-corrected chi connectivity index (χ0v) is 8.21. The Labute approximate surface area is 83.0 Å². The Morgan fingerprint density at radius 2 is 2.00 bits per heavy atom. The molecule has 0 saturated carbocycles. The Kier molecular flexibility index (Phi) is 3.71. The first-order chi connectivity index (χ1) is 6.24. The van der Waals surface area contributed by atoms with Gasteiger partial charge in [0.25, 0.3) is 0 Å². The second-order valence-corrected chi connectivity index (χ2v) is 3.32. The van der Waals surface area contributed by atoms with Crippen LogP contribution >= 0.6 is 11.6 Å². The van der Waals surface area contributed by atoms with Gasteiger partial charge in [-0.3, -0.25) is 4.79 Å². The Balaban J connectivity index is 2.76. The minimum Gasteiger partial charge on any atom is -0.298 e. The van der Waals surface area contributed by atoms with E-state index in [4.69, 9.17) is 11.6 Å². The summed E-state index contributed by atoms with van der Waals surface area (Å²) in [5.41, 5.74) is 1.72. The third-order valence-electron chi connectivity index (χ3n) is 1.81. The topological polar surface area (TPSA) is 17.1 Å². The molecule has 0 fully saturated rings. The molecule has 0 N–H and O–H groups in total. The van der Waals surface area contributed by atoms with Gasteiger partial charge in [0, 0.05) is 17.0 Å². The Morgan fingerprint density at radius 1 is 1.38 bits per heavy atom. The molecule has 2 heteroatoms. The minimum absolute atomic E-state index is 0.602. The average Bonchev–Trinajstić information content (AvgIpc) is 2.18. The predicted molar refractivity (Wildman–Crippen MR) is 54.8 cm³/mol. The molecule has 1 aromatic rings. The quantitative estimate of drug-likeness (QED) is 0.534. The van der Waals surface area contributed by atoms with E-state index >= 15 is 0 Å². The molecule has 13 heavy (non-hydrogen) atoms. The van der Waals surface area contributed by atoms with E-state index in [1.165, 1.54) is 0 Å². The van der Waals surface area contributed by atoms with Gasteiger partial charge in [-0.2, -0.15) is 0 Å². The highest BCUT2D eigenvalue weighted by atomic mass is 35.5. The van der Waals surface area contributed by atoms with Gasteiger partial charge in [0.2, 0.25) is 0 Å². The molecule has 0 unspecified atom stereocenters. The first-order valence-corrected chi connectivity index (χ1v) is 4.46. The van der Waals surface area contributed by atoms with Crippen molar-refractivity contribution >= 4 is 17.9 Å². The fourth-order valence-electron chi connectivity index (χ4n) is 0.978. The number of carbonyl (C=O) groups excluding carboxylic acids is 1. The van der Waals surface area contributed by atoms with E-state index in [1.54, 1.807) is 6.92 Å². The van der Waals surface area contributed by atoms with Gasteiger partial charge in [0.15, 0.2) is 0 Å². The lowest BCUT2D eigenvalue weighted by Crippen LogP contribution is -1.88. The van der Waals surface area contributed by atoms with Crippen molar-refractivity contribution in [3.05, 3.63) is 46.5 Å². The molecule has 0 aliphatic carbocycles. The molecule has 0 radical (unpaired) electrons. The van der Waals surface area contributed by atoms with Crippen molar-refractivity contribution in [1.82, 2.24) is 0 Å². The minimum atomic E-state index is 0.602. The van der Waals surface area contributed by atoms with E-state index in [2.05, 4.69) is 0 Å². The van der Waals surface area contributed by atoms with Gasteiger partial charge in [0.1, 0.15) is 6.29 Å². The van der Waals surface area contributed by atoms with Crippen LogP contribution in [0.1, 0.15) is 12.5 Å². The summed E-state index contributed by atoms with van der Waals surface area (Å²) >= 11 is 5.91. The van der Waals surface area contributed by atoms with Gasteiger partial charge >= 0.3 is 0 Å². The van der Waals surface area contributed by atoms with Crippen molar-refractivity contribution in [2.24, 2.45) is 0 Å². The number of benzene rings is 1. The van der Waals surface area contributed by atoms with Crippen molar-refractivity contribution in [1.29, 1.82) is 0 Å². The standard InChI is InChI=1S/C11H11ClO/c1-9(8-13)11(12)7-10-5-3-2-4-6-10/h2-6,8H,7H2,1H3/b11-9-. The zero-order chi connectivity index (χ0) is 9.68. The van der Waals surface area contributed by atoms with E-state index in [0.29, 0.717) is 17.0 Å². The first-order valence-electron chi connectivity index (χ1n) is 4.08. The van der Waals surface area contributed by atoms with Gasteiger partial charge in [-0.05, 0) is 12.5 Å². The maximum Gasteiger partial charge on any atom is 0.146 e. The van der Waals surface area contributed by atoms with Gasteiger partial charge in [-0.15, -0.1) is 0 Å². The van der Waals surface area contributed by atoms with Crippen LogP contribution in [-0.2, 0) is 11.2 Å². The average molecular weight is 195 g/mol. The molecule has 0 aliphatic rings. The molecule has 1 nitrogen and oxygen atoms in total. The van der Waals surface area contributed by atoms with Crippen LogP contribution in [0.15, 0.2) is 40.9 Å². The van der Waals surface area contributed by atoms with E-state index in [1.807, 2.05) is 30.3 Å². The molecule has 0 aliphatic heterocycles. The fourth-order valence-corrected chi connectivity index (χ4v) is 1.18. The summed E-state index contributed by atoms with van der Waals surface area (Å²) in [7, 11) is 0. The molecule has 0 spiro atoms. The summed E-state index contributed by atoms with van der Waals surface area (Å²) in [6.45, 7) is 1.72. The largest absolute Gasteiger partial charge is 0.298 e. The van der Waals surface area contributed by atoms with Crippen molar-refractivity contribution in [3.8, 4) is 0 Å². The first kappa shape index (κ1) is 10.0. The molecular formula is C11H11ClO. The summed E-state index contributed by atoms with van der Waals surface area (Å²) < 4.78 is 0. The van der Waals surface area contributed by atoms with Crippen LogP contribution in [0.25, 0.3) is 0 Å². The van der Waals surface area contributed by atoms with E-state index < -0.39 is 0 Å². The zero-order valence-electron chi connectivity index (χ0n) is 7.46. The maximum absolute atomic E-state index is 10.4. The Bertz CT molecular complexity index is 314. The van der Waals surface area contributed by atoms with Crippen LogP contribution in [0.4, 0.5) is 0 Å². The molecule has 0 amide bonds. The lowest BCUT2D eigenvalue weighted by molar-refractivity contribution is -0.104. The number of hydrogen-bond acceptors (Lipinski definition) is 1. The molecule has 68 valence electrons. The van der Waals surface area contributed by atoms with Crippen LogP contribution in [0.5, 0.6) is 0 Å². The number of allylic oxidation sites excluding steroid dienone is 2. The van der Waals surface area contributed by atoms with Crippen molar-refractivity contribution in [3.63, 3.8) is 0 Å². The van der Waals surface area contributed by atoms with Gasteiger partial charge < -0.3 is 0 Å². The summed E-state index contributed by atoms with van der Waals surface area (Å²) in [6, 6.07) is 9.83. The predicted octanol–water partition coefficient (Wildman–Crippen LogP) is 2.94. The SMILES string of the molecule is C/C(C=O)=C(/Cl)Cc1ccccc1. The summed E-state index contributed by atoms with van der Waals surface area (Å²) in [6.07, 6.45) is 1.41. The fraction of sp³-hybridized carbons (Fsp3) is 0.182. The number of rotatable bonds is 3. The molecule has 0 bridgehead atoms. The van der Waals surface area contributed by atoms with Crippen LogP contribution in [-0.4, -0.2) is 6.29 Å². The van der Waals surface area contributed by atoms with Crippen LogP contribution in [0.3, 0.4) is 0 Å². The monoisotopic (exact) mass is 194 g/mol. The molecular weight excluding hydrogens is 184 g/mol. The Hall–Kier alpha value is -1.08. The number of halogens is 1. The van der Waals surface area contributed by atoms with Crippen molar-refractivity contribution < 1.29 is 4.79 Å². The van der Waals surface area contributed by atoms with Gasteiger partial charge in [-0.25, -0.2) is 0 Å². The number of aldehydes is 1. The van der Waals surface area contributed by atoms with Crippen LogP contribution < -0.4 is 0 Å². The summed E-state index contributed by atoms with van der Waals surface area (Å²) in [5, 5.41) is 0.612. The third-order valence-corrected chi connectivity index (χ3v) is 2.24.